The van der Waals surface area contributed by atoms with Crippen LogP contribution in [0.25, 0.3) is 11.3 Å². The average Bonchev–Trinajstić information content (AvgIpc) is 3.19. The lowest BCUT2D eigenvalue weighted by Crippen LogP contribution is -2.70. The second kappa shape index (κ2) is 8.28. The van der Waals surface area contributed by atoms with Crippen LogP contribution < -0.4 is 19.9 Å². The number of rotatable bonds is 4. The van der Waals surface area contributed by atoms with E-state index in [-0.39, 0.29) is 23.6 Å². The zero-order valence-electron chi connectivity index (χ0n) is 19.7. The minimum Gasteiger partial charge on any atom is -0.496 e. The summed E-state index contributed by atoms with van der Waals surface area (Å²) in [4.78, 5) is 26.5. The number of fused-ring (bicyclic) bond motifs is 1. The van der Waals surface area contributed by atoms with E-state index in [4.69, 9.17) is 14.5 Å². The number of hydrogen-bond acceptors (Lipinski definition) is 7. The molecule has 2 fully saturated rings. The van der Waals surface area contributed by atoms with Crippen molar-refractivity contribution in [1.29, 1.82) is 0 Å². The largest absolute Gasteiger partial charge is 0.496 e. The Morgan fingerprint density at radius 3 is 2.80 bits per heavy atom. The van der Waals surface area contributed by atoms with Gasteiger partial charge < -0.3 is 19.7 Å². The number of nitrogens with zero attached hydrogens (tertiary/aromatic N) is 4. The van der Waals surface area contributed by atoms with E-state index < -0.39 is 5.82 Å². The Labute approximate surface area is 202 Å². The SMILES string of the molecule is COc1cccc(F)c1-c1nccc2c1CN(c1cc(C)cc(N3CC4(CNCCO4)C3)n1)C2=O. The van der Waals surface area contributed by atoms with Crippen LogP contribution in [0.4, 0.5) is 16.0 Å². The van der Waals surface area contributed by atoms with Gasteiger partial charge >= 0.3 is 0 Å². The van der Waals surface area contributed by atoms with Gasteiger partial charge in [-0.25, -0.2) is 9.37 Å². The number of amides is 1. The molecule has 0 radical (unpaired) electrons. The maximum Gasteiger partial charge on any atom is 0.260 e. The number of anilines is 2. The van der Waals surface area contributed by atoms with Gasteiger partial charge in [0.05, 0.1) is 44.6 Å². The number of carbonyl (C=O) groups excluding carboxylic acids is 1. The van der Waals surface area contributed by atoms with Crippen molar-refractivity contribution in [2.75, 3.05) is 49.7 Å². The lowest BCUT2D eigenvalue weighted by molar-refractivity contribution is -0.0831. The Bertz CT molecular complexity index is 1320. The Morgan fingerprint density at radius 2 is 2.03 bits per heavy atom. The first kappa shape index (κ1) is 21.9. The number of morpholine rings is 1. The van der Waals surface area contributed by atoms with Crippen LogP contribution in [0.5, 0.6) is 5.75 Å². The van der Waals surface area contributed by atoms with Crippen LogP contribution in [0.1, 0.15) is 21.5 Å². The standard InChI is InChI=1S/C26H26FN5O3/c1-16-10-21(31-14-26(15-31)13-28-8-9-35-26)30-22(11-16)32-12-18-17(25(32)33)6-7-29-24(18)23-19(27)4-3-5-20(23)34-2/h3-7,10-11,28H,8-9,12-15H2,1-2H3. The molecule has 0 saturated carbocycles. The summed E-state index contributed by atoms with van der Waals surface area (Å²) in [6.07, 6.45) is 1.54. The van der Waals surface area contributed by atoms with Crippen molar-refractivity contribution in [3.05, 3.63) is 65.1 Å². The summed E-state index contributed by atoms with van der Waals surface area (Å²) >= 11 is 0. The molecule has 1 N–H and O–H groups in total. The van der Waals surface area contributed by atoms with Crippen molar-refractivity contribution in [1.82, 2.24) is 15.3 Å². The van der Waals surface area contributed by atoms with Crippen LogP contribution in [-0.4, -0.2) is 61.4 Å². The van der Waals surface area contributed by atoms with E-state index in [1.54, 1.807) is 23.1 Å². The Kier molecular flexibility index (Phi) is 5.19. The van der Waals surface area contributed by atoms with Crippen LogP contribution in [-0.2, 0) is 11.3 Å². The molecule has 3 aliphatic rings. The summed E-state index contributed by atoms with van der Waals surface area (Å²) in [6.45, 7) is 6.18. The Balaban J connectivity index is 1.32. The summed E-state index contributed by atoms with van der Waals surface area (Å²) in [6, 6.07) is 10.2. The molecule has 180 valence electrons. The number of carbonyl (C=O) groups is 1. The second-order valence-corrected chi connectivity index (χ2v) is 9.32. The van der Waals surface area contributed by atoms with Crippen molar-refractivity contribution in [2.45, 2.75) is 19.1 Å². The summed E-state index contributed by atoms with van der Waals surface area (Å²) < 4.78 is 26.3. The molecule has 0 unspecified atom stereocenters. The number of nitrogens with one attached hydrogen (secondary N) is 1. The van der Waals surface area contributed by atoms with Gasteiger partial charge in [-0.05, 0) is 42.8 Å². The van der Waals surface area contributed by atoms with Gasteiger partial charge in [0.15, 0.2) is 0 Å². The second-order valence-electron chi connectivity index (χ2n) is 9.32. The summed E-state index contributed by atoms with van der Waals surface area (Å²) in [5.41, 5.74) is 2.67. The highest BCUT2D eigenvalue weighted by Crippen LogP contribution is 2.39. The normalized spacial score (nSPS) is 18.5. The highest BCUT2D eigenvalue weighted by molar-refractivity contribution is 6.10. The molecule has 9 heteroatoms. The maximum atomic E-state index is 14.8. The molecule has 0 atom stereocenters. The number of aromatic nitrogens is 2. The van der Waals surface area contributed by atoms with Crippen molar-refractivity contribution in [3.8, 4) is 17.0 Å². The molecular formula is C26H26FN5O3. The van der Waals surface area contributed by atoms with Crippen LogP contribution >= 0.6 is 0 Å². The first-order valence-electron chi connectivity index (χ1n) is 11.7. The highest BCUT2D eigenvalue weighted by atomic mass is 19.1. The maximum absolute atomic E-state index is 14.8. The number of halogens is 1. The van der Waals surface area contributed by atoms with E-state index in [0.29, 0.717) is 35.0 Å². The summed E-state index contributed by atoms with van der Waals surface area (Å²) in [5, 5.41) is 3.40. The third kappa shape index (κ3) is 3.62. The molecule has 1 amide bonds. The van der Waals surface area contributed by atoms with E-state index in [9.17, 15) is 9.18 Å². The number of aryl methyl sites for hydroxylation is 1. The molecular weight excluding hydrogens is 449 g/mol. The van der Waals surface area contributed by atoms with Gasteiger partial charge in [0.25, 0.3) is 5.91 Å². The molecule has 2 aromatic heterocycles. The van der Waals surface area contributed by atoms with Gasteiger partial charge in [0.2, 0.25) is 0 Å². The predicted molar refractivity (Wildman–Crippen MR) is 129 cm³/mol. The predicted octanol–water partition coefficient (Wildman–Crippen LogP) is 2.94. The topological polar surface area (TPSA) is 79.8 Å². The monoisotopic (exact) mass is 475 g/mol. The van der Waals surface area contributed by atoms with Crippen molar-refractivity contribution in [3.63, 3.8) is 0 Å². The van der Waals surface area contributed by atoms with Crippen molar-refractivity contribution >= 4 is 17.5 Å². The number of methoxy groups -OCH3 is 1. The molecule has 0 bridgehead atoms. The molecule has 3 aromatic rings. The van der Waals surface area contributed by atoms with Gasteiger partial charge in [0.1, 0.15) is 28.8 Å². The smallest absolute Gasteiger partial charge is 0.260 e. The molecule has 35 heavy (non-hydrogen) atoms. The number of benzene rings is 1. The van der Waals surface area contributed by atoms with Crippen molar-refractivity contribution in [2.24, 2.45) is 0 Å². The fourth-order valence-electron chi connectivity index (χ4n) is 5.19. The summed E-state index contributed by atoms with van der Waals surface area (Å²) in [7, 11) is 1.49. The first-order chi connectivity index (χ1) is 17.0. The lowest BCUT2D eigenvalue weighted by Gasteiger charge is -2.52. The molecule has 3 aliphatic heterocycles. The van der Waals surface area contributed by atoms with Gasteiger partial charge in [-0.3, -0.25) is 14.7 Å². The van der Waals surface area contributed by atoms with Gasteiger partial charge in [-0.1, -0.05) is 6.07 Å². The number of hydrogen-bond donors (Lipinski definition) is 1. The average molecular weight is 476 g/mol. The van der Waals surface area contributed by atoms with E-state index in [1.165, 1.54) is 19.4 Å². The first-order valence-corrected chi connectivity index (χ1v) is 11.7. The molecule has 0 aliphatic carbocycles. The molecule has 8 nitrogen and oxygen atoms in total. The fourth-order valence-corrected chi connectivity index (χ4v) is 5.19. The third-order valence-corrected chi connectivity index (χ3v) is 6.92. The zero-order valence-corrected chi connectivity index (χ0v) is 19.7. The van der Waals surface area contributed by atoms with E-state index in [1.807, 2.05) is 19.1 Å². The van der Waals surface area contributed by atoms with E-state index >= 15 is 0 Å². The molecule has 1 aromatic carbocycles. The van der Waals surface area contributed by atoms with Crippen molar-refractivity contribution < 1.29 is 18.7 Å². The molecule has 2 saturated heterocycles. The Hall–Kier alpha value is -3.56. The lowest BCUT2D eigenvalue weighted by atomic mass is 9.92. The van der Waals surface area contributed by atoms with Gasteiger partial charge in [-0.15, -0.1) is 0 Å². The van der Waals surface area contributed by atoms with Crippen LogP contribution in [0.3, 0.4) is 0 Å². The highest BCUT2D eigenvalue weighted by Gasteiger charge is 2.46. The molecule has 6 rings (SSSR count). The molecule has 1 spiro atoms. The zero-order chi connectivity index (χ0) is 24.2. The van der Waals surface area contributed by atoms with Crippen LogP contribution in [0.15, 0.2) is 42.6 Å². The fraction of sp³-hybridized carbons (Fsp3) is 0.346. The Morgan fingerprint density at radius 1 is 1.20 bits per heavy atom. The minimum absolute atomic E-state index is 0.164. The van der Waals surface area contributed by atoms with Gasteiger partial charge in [-0.2, -0.15) is 0 Å². The minimum atomic E-state index is -0.446. The van der Waals surface area contributed by atoms with E-state index in [2.05, 4.69) is 15.2 Å². The van der Waals surface area contributed by atoms with Crippen LogP contribution in [0.2, 0.25) is 0 Å². The van der Waals surface area contributed by atoms with Crippen LogP contribution in [0, 0.1) is 12.7 Å². The van der Waals surface area contributed by atoms with Gasteiger partial charge in [0, 0.05) is 30.4 Å². The number of pyridine rings is 2. The summed E-state index contributed by atoms with van der Waals surface area (Å²) in [5.74, 6) is 1.13. The quantitative estimate of drug-likeness (QED) is 0.622. The van der Waals surface area contributed by atoms with E-state index in [0.717, 1.165) is 37.6 Å². The number of ether oxygens (including phenoxy) is 2. The third-order valence-electron chi connectivity index (χ3n) is 6.92. The molecule has 5 heterocycles.